The molecule has 4 rings (SSSR count). The largest absolute Gasteiger partial charge is 0.325 e. The predicted molar refractivity (Wildman–Crippen MR) is 122 cm³/mol. The first-order valence-electron chi connectivity index (χ1n) is 10.8. The number of carbonyl (C=O) groups excluding carboxylic acids is 2. The van der Waals surface area contributed by atoms with Crippen LogP contribution in [0.3, 0.4) is 0 Å². The lowest BCUT2D eigenvalue weighted by Crippen LogP contribution is -2.40. The average Bonchev–Trinajstić information content (AvgIpc) is 2.95. The minimum atomic E-state index is -0.876. The van der Waals surface area contributed by atoms with Crippen molar-refractivity contribution in [1.82, 2.24) is 19.8 Å². The van der Waals surface area contributed by atoms with Crippen molar-refractivity contribution in [3.8, 4) is 0 Å². The molecule has 7 nitrogen and oxygen atoms in total. The number of imide groups is 1. The lowest BCUT2D eigenvalue weighted by molar-refractivity contribution is -0.130. The summed E-state index contributed by atoms with van der Waals surface area (Å²) in [6.45, 7) is 4.25. The van der Waals surface area contributed by atoms with E-state index in [-0.39, 0.29) is 24.0 Å². The number of allylic oxidation sites excluding steroid dienone is 2. The van der Waals surface area contributed by atoms with Crippen molar-refractivity contribution in [3.05, 3.63) is 46.3 Å². The Hall–Kier alpha value is -2.61. The van der Waals surface area contributed by atoms with E-state index in [1.165, 1.54) is 35.1 Å². The summed E-state index contributed by atoms with van der Waals surface area (Å²) in [6.07, 6.45) is 7.80. The molecular formula is C23H28N4O3S. The van der Waals surface area contributed by atoms with E-state index in [1.54, 1.807) is 18.4 Å². The van der Waals surface area contributed by atoms with Crippen LogP contribution in [0.15, 0.2) is 45.9 Å². The summed E-state index contributed by atoms with van der Waals surface area (Å²) in [5.74, 6) is 0.245. The molecule has 2 aliphatic rings. The Morgan fingerprint density at radius 2 is 1.94 bits per heavy atom. The number of aromatic nitrogens is 2. The third-order valence-electron chi connectivity index (χ3n) is 5.86. The lowest BCUT2D eigenvalue weighted by atomic mass is 9.97. The SMILES string of the molecule is CC1(C)NC(=O)N(CCSc2nc3ccccc3c(=O)n2CCC2=CCCCC2)C1=O. The number of nitrogens with one attached hydrogen (secondary N) is 1. The van der Waals surface area contributed by atoms with E-state index in [1.807, 2.05) is 24.3 Å². The van der Waals surface area contributed by atoms with Crippen LogP contribution in [0.25, 0.3) is 10.9 Å². The zero-order chi connectivity index (χ0) is 22.0. The highest BCUT2D eigenvalue weighted by molar-refractivity contribution is 7.99. The van der Waals surface area contributed by atoms with E-state index >= 15 is 0 Å². The number of rotatable bonds is 7. The van der Waals surface area contributed by atoms with Crippen LogP contribution in [0, 0.1) is 0 Å². The third kappa shape index (κ3) is 4.54. The van der Waals surface area contributed by atoms with Crippen LogP contribution in [-0.2, 0) is 11.3 Å². The molecule has 31 heavy (non-hydrogen) atoms. The molecule has 0 atom stereocenters. The highest BCUT2D eigenvalue weighted by atomic mass is 32.2. The highest BCUT2D eigenvalue weighted by Crippen LogP contribution is 2.24. The topological polar surface area (TPSA) is 84.3 Å². The molecule has 1 saturated heterocycles. The maximum Gasteiger partial charge on any atom is 0.325 e. The fourth-order valence-corrected chi connectivity index (χ4v) is 5.04. The van der Waals surface area contributed by atoms with Crippen molar-refractivity contribution < 1.29 is 9.59 Å². The lowest BCUT2D eigenvalue weighted by Gasteiger charge is -2.18. The Morgan fingerprint density at radius 3 is 2.65 bits per heavy atom. The summed E-state index contributed by atoms with van der Waals surface area (Å²) in [4.78, 5) is 43.7. The van der Waals surface area contributed by atoms with E-state index in [4.69, 9.17) is 4.98 Å². The van der Waals surface area contributed by atoms with Gasteiger partial charge in [-0.15, -0.1) is 0 Å². The van der Waals surface area contributed by atoms with Gasteiger partial charge in [-0.1, -0.05) is 35.5 Å². The molecule has 0 radical (unpaired) electrons. The number of para-hydroxylation sites is 1. The van der Waals surface area contributed by atoms with Crippen LogP contribution >= 0.6 is 11.8 Å². The number of benzene rings is 1. The van der Waals surface area contributed by atoms with Crippen molar-refractivity contribution in [2.75, 3.05) is 12.3 Å². The second kappa shape index (κ2) is 8.86. The Morgan fingerprint density at radius 1 is 1.13 bits per heavy atom. The highest BCUT2D eigenvalue weighted by Gasteiger charge is 2.43. The van der Waals surface area contributed by atoms with Gasteiger partial charge in [-0.25, -0.2) is 9.78 Å². The predicted octanol–water partition coefficient (Wildman–Crippen LogP) is 3.71. The fourth-order valence-electron chi connectivity index (χ4n) is 4.09. The van der Waals surface area contributed by atoms with Crippen LogP contribution in [0.2, 0.25) is 0 Å². The van der Waals surface area contributed by atoms with Crippen LogP contribution in [0.4, 0.5) is 4.79 Å². The van der Waals surface area contributed by atoms with Crippen molar-refractivity contribution in [3.63, 3.8) is 0 Å². The molecule has 164 valence electrons. The van der Waals surface area contributed by atoms with Gasteiger partial charge >= 0.3 is 6.03 Å². The first-order chi connectivity index (χ1) is 14.9. The molecule has 2 aromatic rings. The van der Waals surface area contributed by atoms with Crippen molar-refractivity contribution >= 4 is 34.6 Å². The molecular weight excluding hydrogens is 412 g/mol. The number of fused-ring (bicyclic) bond motifs is 1. The minimum Gasteiger partial charge on any atom is -0.324 e. The second-order valence-corrected chi connectivity index (χ2v) is 9.65. The Bertz CT molecular complexity index is 1110. The molecule has 0 saturated carbocycles. The molecule has 1 aromatic heterocycles. The number of urea groups is 1. The average molecular weight is 441 g/mol. The molecule has 2 heterocycles. The molecule has 0 bridgehead atoms. The van der Waals surface area contributed by atoms with E-state index < -0.39 is 5.54 Å². The van der Waals surface area contributed by atoms with Gasteiger partial charge in [0.25, 0.3) is 11.5 Å². The van der Waals surface area contributed by atoms with Gasteiger partial charge in [0.15, 0.2) is 5.16 Å². The van der Waals surface area contributed by atoms with Crippen molar-refractivity contribution in [1.29, 1.82) is 0 Å². The summed E-state index contributed by atoms with van der Waals surface area (Å²) in [7, 11) is 0. The number of thioether (sulfide) groups is 1. The number of nitrogens with zero attached hydrogens (tertiary/aromatic N) is 3. The first-order valence-corrected chi connectivity index (χ1v) is 11.8. The second-order valence-electron chi connectivity index (χ2n) is 8.59. The minimum absolute atomic E-state index is 0.0411. The van der Waals surface area contributed by atoms with E-state index in [0.29, 0.717) is 28.4 Å². The van der Waals surface area contributed by atoms with Crippen LogP contribution in [-0.4, -0.2) is 44.2 Å². The molecule has 3 amide bonds. The molecule has 1 fully saturated rings. The van der Waals surface area contributed by atoms with Gasteiger partial charge in [0.05, 0.1) is 10.9 Å². The molecule has 1 aromatic carbocycles. The summed E-state index contributed by atoms with van der Waals surface area (Å²) >= 11 is 1.41. The van der Waals surface area contributed by atoms with Crippen LogP contribution < -0.4 is 10.9 Å². The van der Waals surface area contributed by atoms with Crippen molar-refractivity contribution in [2.45, 2.75) is 63.2 Å². The number of hydrogen-bond donors (Lipinski definition) is 1. The van der Waals surface area contributed by atoms with Gasteiger partial charge in [-0.2, -0.15) is 0 Å². The molecule has 1 aliphatic carbocycles. The Balaban J connectivity index is 1.54. The molecule has 1 aliphatic heterocycles. The van der Waals surface area contributed by atoms with Crippen LogP contribution in [0.1, 0.15) is 46.0 Å². The Labute approximate surface area is 185 Å². The summed E-state index contributed by atoms with van der Waals surface area (Å²) in [5, 5.41) is 3.94. The quantitative estimate of drug-likeness (QED) is 0.307. The number of carbonyl (C=O) groups is 2. The maximum absolute atomic E-state index is 13.2. The normalized spacial score (nSPS) is 18.4. The van der Waals surface area contributed by atoms with Gasteiger partial charge < -0.3 is 5.32 Å². The summed E-state index contributed by atoms with van der Waals surface area (Å²) in [6, 6.07) is 7.00. The smallest absolute Gasteiger partial charge is 0.324 e. The standard InChI is InChI=1S/C23H28N4O3S/c1-23(2)20(29)27(21(30)25-23)14-15-31-22-24-18-11-7-6-10-17(18)19(28)26(22)13-12-16-8-4-3-5-9-16/h6-8,10-11H,3-5,9,12-15H2,1-2H3,(H,25,30). The number of amides is 3. The summed E-state index contributed by atoms with van der Waals surface area (Å²) < 4.78 is 1.75. The van der Waals surface area contributed by atoms with E-state index in [9.17, 15) is 14.4 Å². The summed E-state index contributed by atoms with van der Waals surface area (Å²) in [5.41, 5.74) is 1.15. The van der Waals surface area contributed by atoms with E-state index in [2.05, 4.69) is 11.4 Å². The van der Waals surface area contributed by atoms with Crippen molar-refractivity contribution in [2.24, 2.45) is 0 Å². The molecule has 0 unspecified atom stereocenters. The zero-order valence-electron chi connectivity index (χ0n) is 18.0. The maximum atomic E-state index is 13.2. The third-order valence-corrected chi connectivity index (χ3v) is 6.82. The fraction of sp³-hybridized carbons (Fsp3) is 0.478. The van der Waals surface area contributed by atoms with Crippen LogP contribution in [0.5, 0.6) is 0 Å². The molecule has 8 heteroatoms. The van der Waals surface area contributed by atoms with Gasteiger partial charge in [0, 0.05) is 18.8 Å². The molecule has 0 spiro atoms. The van der Waals surface area contributed by atoms with E-state index in [0.717, 1.165) is 19.3 Å². The van der Waals surface area contributed by atoms with Gasteiger partial charge in [-0.3, -0.25) is 19.1 Å². The monoisotopic (exact) mass is 440 g/mol. The number of hydrogen-bond acceptors (Lipinski definition) is 5. The van der Waals surface area contributed by atoms with Gasteiger partial charge in [-0.05, 0) is 58.1 Å². The first kappa shape index (κ1) is 21.6. The Kier molecular flexibility index (Phi) is 6.18. The van der Waals surface area contributed by atoms with Gasteiger partial charge in [0.1, 0.15) is 5.54 Å². The molecule has 1 N–H and O–H groups in total. The van der Waals surface area contributed by atoms with Gasteiger partial charge in [0.2, 0.25) is 0 Å². The zero-order valence-corrected chi connectivity index (χ0v) is 18.8.